The van der Waals surface area contributed by atoms with Gasteiger partial charge in [0, 0.05) is 5.41 Å². The van der Waals surface area contributed by atoms with Crippen molar-refractivity contribution >= 4 is 5.71 Å². The molecule has 1 fully saturated rings. The second-order valence-electron chi connectivity index (χ2n) is 3.80. The molecule has 0 amide bonds. The van der Waals surface area contributed by atoms with Gasteiger partial charge in [-0.15, -0.1) is 0 Å². The summed E-state index contributed by atoms with van der Waals surface area (Å²) in [5.41, 5.74) is 0.143. The summed E-state index contributed by atoms with van der Waals surface area (Å²) in [6, 6.07) is 0. The monoisotopic (exact) mass is 173 g/mol. The van der Waals surface area contributed by atoms with Gasteiger partial charge in [0.1, 0.15) is 6.67 Å². The number of alkyl halides is 1. The smallest absolute Gasteiger partial charge is 0.131 e. The SMILES string of the molecule is CC1(C(CF)=NO)CCCCC1. The zero-order valence-electron chi connectivity index (χ0n) is 7.52. The molecule has 0 aromatic heterocycles. The Morgan fingerprint density at radius 2 is 2.00 bits per heavy atom. The van der Waals surface area contributed by atoms with Crippen molar-refractivity contribution in [2.75, 3.05) is 6.67 Å². The molecule has 0 spiro atoms. The van der Waals surface area contributed by atoms with Crippen LogP contribution in [0.5, 0.6) is 0 Å². The lowest BCUT2D eigenvalue weighted by Crippen LogP contribution is -2.31. The average molecular weight is 173 g/mol. The van der Waals surface area contributed by atoms with Crippen molar-refractivity contribution < 1.29 is 9.60 Å². The zero-order chi connectivity index (χ0) is 9.03. The van der Waals surface area contributed by atoms with Crippen LogP contribution in [0.2, 0.25) is 0 Å². The number of oxime groups is 1. The summed E-state index contributed by atoms with van der Waals surface area (Å²) < 4.78 is 12.4. The Bertz CT molecular complexity index is 173. The lowest BCUT2D eigenvalue weighted by molar-refractivity contribution is 0.267. The molecule has 0 saturated heterocycles. The van der Waals surface area contributed by atoms with Crippen LogP contribution in [-0.4, -0.2) is 17.6 Å². The first kappa shape index (κ1) is 9.49. The van der Waals surface area contributed by atoms with E-state index in [0.717, 1.165) is 25.7 Å². The summed E-state index contributed by atoms with van der Waals surface area (Å²) in [5, 5.41) is 11.6. The number of hydrogen-bond donors (Lipinski definition) is 1. The van der Waals surface area contributed by atoms with Crippen molar-refractivity contribution in [3.05, 3.63) is 0 Å². The highest BCUT2D eigenvalue weighted by Gasteiger charge is 2.32. The molecule has 0 aromatic carbocycles. The van der Waals surface area contributed by atoms with E-state index in [1.165, 1.54) is 6.42 Å². The Morgan fingerprint density at radius 1 is 1.42 bits per heavy atom. The molecule has 0 aliphatic heterocycles. The predicted octanol–water partition coefficient (Wildman–Crippen LogP) is 2.76. The fourth-order valence-corrected chi connectivity index (χ4v) is 1.93. The number of halogens is 1. The van der Waals surface area contributed by atoms with Crippen molar-refractivity contribution in [3.63, 3.8) is 0 Å². The molecular weight excluding hydrogens is 157 g/mol. The van der Waals surface area contributed by atoms with Gasteiger partial charge in [0.2, 0.25) is 0 Å². The van der Waals surface area contributed by atoms with Crippen molar-refractivity contribution in [2.24, 2.45) is 10.6 Å². The van der Waals surface area contributed by atoms with Crippen LogP contribution >= 0.6 is 0 Å². The molecule has 2 nitrogen and oxygen atoms in total. The van der Waals surface area contributed by atoms with Gasteiger partial charge in [-0.05, 0) is 12.8 Å². The maximum Gasteiger partial charge on any atom is 0.131 e. The van der Waals surface area contributed by atoms with Crippen molar-refractivity contribution in [1.82, 2.24) is 0 Å². The van der Waals surface area contributed by atoms with Gasteiger partial charge in [-0.2, -0.15) is 0 Å². The predicted molar refractivity (Wildman–Crippen MR) is 46.4 cm³/mol. The summed E-state index contributed by atoms with van der Waals surface area (Å²) in [4.78, 5) is 0. The van der Waals surface area contributed by atoms with Crippen molar-refractivity contribution in [1.29, 1.82) is 0 Å². The number of hydrogen-bond acceptors (Lipinski definition) is 2. The summed E-state index contributed by atoms with van der Waals surface area (Å²) >= 11 is 0. The fraction of sp³-hybridized carbons (Fsp3) is 0.889. The summed E-state index contributed by atoms with van der Waals surface area (Å²) in [6.07, 6.45) is 5.37. The van der Waals surface area contributed by atoms with Gasteiger partial charge in [-0.25, -0.2) is 4.39 Å². The molecule has 0 heterocycles. The van der Waals surface area contributed by atoms with Crippen LogP contribution < -0.4 is 0 Å². The number of nitrogens with zero attached hydrogens (tertiary/aromatic N) is 1. The molecule has 1 aliphatic rings. The summed E-state index contributed by atoms with van der Waals surface area (Å²) in [6.45, 7) is 1.37. The summed E-state index contributed by atoms with van der Waals surface area (Å²) in [7, 11) is 0. The molecule has 0 bridgehead atoms. The van der Waals surface area contributed by atoms with Gasteiger partial charge in [0.15, 0.2) is 0 Å². The highest BCUT2D eigenvalue weighted by molar-refractivity contribution is 5.90. The molecule has 0 radical (unpaired) electrons. The maximum atomic E-state index is 12.4. The minimum atomic E-state index is -0.618. The van der Waals surface area contributed by atoms with Crippen molar-refractivity contribution in [3.8, 4) is 0 Å². The van der Waals surface area contributed by atoms with Crippen LogP contribution in [0.15, 0.2) is 5.16 Å². The first-order valence-corrected chi connectivity index (χ1v) is 4.50. The quantitative estimate of drug-likeness (QED) is 0.388. The van der Waals surface area contributed by atoms with E-state index in [9.17, 15) is 4.39 Å². The van der Waals surface area contributed by atoms with E-state index in [1.807, 2.05) is 6.92 Å². The molecule has 1 aliphatic carbocycles. The van der Waals surface area contributed by atoms with Crippen LogP contribution in [0.1, 0.15) is 39.0 Å². The van der Waals surface area contributed by atoms with Gasteiger partial charge in [-0.1, -0.05) is 31.3 Å². The van der Waals surface area contributed by atoms with E-state index in [-0.39, 0.29) is 5.41 Å². The first-order valence-electron chi connectivity index (χ1n) is 4.50. The van der Waals surface area contributed by atoms with Crippen LogP contribution in [0.3, 0.4) is 0 Å². The number of rotatable bonds is 2. The molecule has 1 saturated carbocycles. The first-order chi connectivity index (χ1) is 5.73. The normalized spacial score (nSPS) is 24.0. The molecule has 70 valence electrons. The Kier molecular flexibility index (Phi) is 3.06. The van der Waals surface area contributed by atoms with Gasteiger partial charge < -0.3 is 5.21 Å². The maximum absolute atomic E-state index is 12.4. The van der Waals surface area contributed by atoms with E-state index in [2.05, 4.69) is 5.16 Å². The van der Waals surface area contributed by atoms with Gasteiger partial charge in [0.05, 0.1) is 5.71 Å². The molecule has 0 atom stereocenters. The minimum Gasteiger partial charge on any atom is -0.411 e. The molecule has 1 N–H and O–H groups in total. The van der Waals surface area contributed by atoms with Crippen LogP contribution in [-0.2, 0) is 0 Å². The molecule has 12 heavy (non-hydrogen) atoms. The average Bonchev–Trinajstić information content (AvgIpc) is 2.07. The third-order valence-corrected chi connectivity index (χ3v) is 2.90. The van der Waals surface area contributed by atoms with E-state index in [1.54, 1.807) is 0 Å². The molecule has 0 aromatic rings. The molecule has 0 unspecified atom stereocenters. The topological polar surface area (TPSA) is 32.6 Å². The zero-order valence-corrected chi connectivity index (χ0v) is 7.52. The largest absolute Gasteiger partial charge is 0.411 e. The third kappa shape index (κ3) is 1.76. The Hall–Kier alpha value is -0.600. The standard InChI is InChI=1S/C9H16FNO/c1-9(8(7-10)11-12)5-3-2-4-6-9/h12H,2-7H2,1H3. The van der Waals surface area contributed by atoms with Gasteiger partial charge in [0.25, 0.3) is 0 Å². The van der Waals surface area contributed by atoms with E-state index in [0.29, 0.717) is 5.71 Å². The highest BCUT2D eigenvalue weighted by Crippen LogP contribution is 2.37. The Balaban J connectivity index is 2.67. The lowest BCUT2D eigenvalue weighted by Gasteiger charge is -2.32. The van der Waals surface area contributed by atoms with Crippen LogP contribution in [0, 0.1) is 5.41 Å². The van der Waals surface area contributed by atoms with E-state index >= 15 is 0 Å². The molecular formula is C9H16FNO. The van der Waals surface area contributed by atoms with Gasteiger partial charge in [-0.3, -0.25) is 0 Å². The minimum absolute atomic E-state index is 0.179. The highest BCUT2D eigenvalue weighted by atomic mass is 19.1. The van der Waals surface area contributed by atoms with Crippen LogP contribution in [0.25, 0.3) is 0 Å². The molecule has 3 heteroatoms. The van der Waals surface area contributed by atoms with Crippen LogP contribution in [0.4, 0.5) is 4.39 Å². The van der Waals surface area contributed by atoms with Crippen molar-refractivity contribution in [2.45, 2.75) is 39.0 Å². The third-order valence-electron chi connectivity index (χ3n) is 2.90. The second kappa shape index (κ2) is 3.87. The summed E-state index contributed by atoms with van der Waals surface area (Å²) in [5.74, 6) is 0. The van der Waals surface area contributed by atoms with Gasteiger partial charge >= 0.3 is 0 Å². The second-order valence-corrected chi connectivity index (χ2v) is 3.80. The van der Waals surface area contributed by atoms with E-state index < -0.39 is 6.67 Å². The molecule has 1 rings (SSSR count). The fourth-order valence-electron chi connectivity index (χ4n) is 1.93. The Morgan fingerprint density at radius 3 is 2.42 bits per heavy atom. The Labute approximate surface area is 72.5 Å². The lowest BCUT2D eigenvalue weighted by atomic mass is 9.72. The van der Waals surface area contributed by atoms with E-state index in [4.69, 9.17) is 5.21 Å².